The minimum absolute atomic E-state index is 0.225. The molecule has 0 aliphatic carbocycles. The van der Waals surface area contributed by atoms with E-state index in [9.17, 15) is 4.79 Å². The van der Waals surface area contributed by atoms with Crippen LogP contribution in [0.5, 0.6) is 0 Å². The molecule has 0 saturated heterocycles. The normalized spacial score (nSPS) is 29.9. The zero-order valence-corrected chi connectivity index (χ0v) is 8.36. The highest BCUT2D eigenvalue weighted by Gasteiger charge is 2.46. The molecule has 72 valence electrons. The molecule has 0 radical (unpaired) electrons. The fraction of sp³-hybridized carbons (Fsp3) is 0.300. The van der Waals surface area contributed by atoms with Crippen LogP contribution in [0.3, 0.4) is 0 Å². The first-order valence-corrected chi connectivity index (χ1v) is 5.43. The summed E-state index contributed by atoms with van der Waals surface area (Å²) in [6.45, 7) is 1.57. The highest BCUT2D eigenvalue weighted by molar-refractivity contribution is 8.14. The Morgan fingerprint density at radius 1 is 1.50 bits per heavy atom. The Morgan fingerprint density at radius 2 is 2.43 bits per heavy atom. The SMILES string of the molecule is O=C1Sc2cc[nH]c2C12C=CCNC2. The van der Waals surface area contributed by atoms with Gasteiger partial charge in [0.2, 0.25) is 5.12 Å². The summed E-state index contributed by atoms with van der Waals surface area (Å²) >= 11 is 1.34. The molecule has 2 aliphatic rings. The molecule has 4 heteroatoms. The second-order valence-electron chi connectivity index (χ2n) is 3.61. The quantitative estimate of drug-likeness (QED) is 0.623. The van der Waals surface area contributed by atoms with E-state index in [2.05, 4.69) is 10.3 Å². The molecule has 1 atom stereocenters. The van der Waals surface area contributed by atoms with Gasteiger partial charge in [0.15, 0.2) is 0 Å². The Hall–Kier alpha value is -1.00. The number of carbonyl (C=O) groups is 1. The van der Waals surface area contributed by atoms with E-state index in [1.165, 1.54) is 11.8 Å². The van der Waals surface area contributed by atoms with Crippen LogP contribution in [0.1, 0.15) is 5.69 Å². The van der Waals surface area contributed by atoms with E-state index in [1.54, 1.807) is 0 Å². The number of rotatable bonds is 0. The zero-order valence-electron chi connectivity index (χ0n) is 7.54. The lowest BCUT2D eigenvalue weighted by Gasteiger charge is -2.26. The monoisotopic (exact) mass is 206 g/mol. The maximum Gasteiger partial charge on any atom is 0.210 e. The Bertz CT molecular complexity index is 424. The number of thioether (sulfide) groups is 1. The highest BCUT2D eigenvalue weighted by Crippen LogP contribution is 2.45. The van der Waals surface area contributed by atoms with Gasteiger partial charge in [-0.05, 0) is 17.8 Å². The van der Waals surface area contributed by atoms with Gasteiger partial charge < -0.3 is 10.3 Å². The number of aromatic amines is 1. The third-order valence-corrected chi connectivity index (χ3v) is 3.90. The van der Waals surface area contributed by atoms with Crippen LogP contribution in [0.4, 0.5) is 0 Å². The standard InChI is InChI=1S/C10H10N2OS/c13-9-10(3-1-4-11-6-10)8-7(14-9)2-5-12-8/h1-3,5,11-12H,4,6H2. The summed E-state index contributed by atoms with van der Waals surface area (Å²) in [6.07, 6.45) is 5.95. The van der Waals surface area contributed by atoms with Crippen molar-refractivity contribution in [3.8, 4) is 0 Å². The molecule has 0 aromatic carbocycles. The molecule has 3 heterocycles. The van der Waals surface area contributed by atoms with Crippen LogP contribution in [0.2, 0.25) is 0 Å². The number of hydrogen-bond donors (Lipinski definition) is 2. The smallest absolute Gasteiger partial charge is 0.210 e. The van der Waals surface area contributed by atoms with Crippen molar-refractivity contribution >= 4 is 16.9 Å². The lowest BCUT2D eigenvalue weighted by Crippen LogP contribution is -2.43. The summed E-state index contributed by atoms with van der Waals surface area (Å²) in [6, 6.07) is 1.97. The fourth-order valence-corrected chi connectivity index (χ4v) is 3.17. The zero-order chi connectivity index (χ0) is 9.60. The van der Waals surface area contributed by atoms with Crippen molar-refractivity contribution in [2.45, 2.75) is 10.3 Å². The van der Waals surface area contributed by atoms with Crippen LogP contribution in [0, 0.1) is 0 Å². The van der Waals surface area contributed by atoms with E-state index in [4.69, 9.17) is 0 Å². The minimum Gasteiger partial charge on any atom is -0.363 e. The average molecular weight is 206 g/mol. The molecule has 1 unspecified atom stereocenters. The Labute approximate surface area is 86.0 Å². The molecule has 1 aromatic rings. The topological polar surface area (TPSA) is 44.9 Å². The lowest BCUT2D eigenvalue weighted by atomic mass is 9.84. The number of carbonyl (C=O) groups excluding carboxylic acids is 1. The van der Waals surface area contributed by atoms with E-state index in [0.717, 1.165) is 17.1 Å². The molecule has 0 saturated carbocycles. The molecule has 3 nitrogen and oxygen atoms in total. The van der Waals surface area contributed by atoms with Crippen molar-refractivity contribution in [3.63, 3.8) is 0 Å². The third-order valence-electron chi connectivity index (χ3n) is 2.79. The van der Waals surface area contributed by atoms with E-state index in [-0.39, 0.29) is 5.12 Å². The Balaban J connectivity index is 2.18. The number of fused-ring (bicyclic) bond motifs is 2. The van der Waals surface area contributed by atoms with Gasteiger partial charge in [0.25, 0.3) is 0 Å². The van der Waals surface area contributed by atoms with E-state index >= 15 is 0 Å². The second-order valence-corrected chi connectivity index (χ2v) is 4.63. The van der Waals surface area contributed by atoms with Gasteiger partial charge in [-0.25, -0.2) is 0 Å². The second kappa shape index (κ2) is 2.74. The van der Waals surface area contributed by atoms with Crippen molar-refractivity contribution in [1.82, 2.24) is 10.3 Å². The first kappa shape index (κ1) is 8.32. The van der Waals surface area contributed by atoms with Gasteiger partial charge in [-0.1, -0.05) is 12.2 Å². The van der Waals surface area contributed by atoms with Gasteiger partial charge in [0, 0.05) is 29.9 Å². The molecule has 3 rings (SSSR count). The predicted molar refractivity (Wildman–Crippen MR) is 55.3 cm³/mol. The van der Waals surface area contributed by atoms with E-state index < -0.39 is 5.41 Å². The molecule has 14 heavy (non-hydrogen) atoms. The predicted octanol–water partition coefficient (Wildman–Crippen LogP) is 1.04. The first-order chi connectivity index (χ1) is 6.83. The Kier molecular flexibility index (Phi) is 1.63. The number of nitrogens with one attached hydrogen (secondary N) is 2. The van der Waals surface area contributed by atoms with Crippen molar-refractivity contribution in [2.75, 3.05) is 13.1 Å². The minimum atomic E-state index is -0.429. The maximum atomic E-state index is 11.9. The van der Waals surface area contributed by atoms with Gasteiger partial charge in [0.05, 0.1) is 0 Å². The van der Waals surface area contributed by atoms with E-state index in [0.29, 0.717) is 6.54 Å². The van der Waals surface area contributed by atoms with Gasteiger partial charge in [-0.2, -0.15) is 0 Å². The van der Waals surface area contributed by atoms with E-state index in [1.807, 2.05) is 24.4 Å². The summed E-state index contributed by atoms with van der Waals surface area (Å²) in [7, 11) is 0. The summed E-state index contributed by atoms with van der Waals surface area (Å²) < 4.78 is 0. The highest BCUT2D eigenvalue weighted by atomic mass is 32.2. The number of H-pyrrole nitrogens is 1. The molecule has 0 fully saturated rings. The molecule has 2 aliphatic heterocycles. The van der Waals surface area contributed by atoms with Gasteiger partial charge in [0.1, 0.15) is 5.41 Å². The van der Waals surface area contributed by atoms with Crippen molar-refractivity contribution < 1.29 is 4.79 Å². The van der Waals surface area contributed by atoms with Crippen LogP contribution in [-0.4, -0.2) is 23.2 Å². The summed E-state index contributed by atoms with van der Waals surface area (Å²) in [5.41, 5.74) is 0.623. The van der Waals surface area contributed by atoms with Gasteiger partial charge in [-0.3, -0.25) is 4.79 Å². The molecule has 1 spiro atoms. The van der Waals surface area contributed by atoms with Gasteiger partial charge in [-0.15, -0.1) is 0 Å². The first-order valence-electron chi connectivity index (χ1n) is 4.61. The molecule has 0 amide bonds. The molecular formula is C10H10N2OS. The molecular weight excluding hydrogens is 196 g/mol. The average Bonchev–Trinajstić information content (AvgIpc) is 2.74. The summed E-state index contributed by atoms with van der Waals surface area (Å²) in [4.78, 5) is 16.2. The fourth-order valence-electron chi connectivity index (χ4n) is 2.07. The third kappa shape index (κ3) is 0.898. The largest absolute Gasteiger partial charge is 0.363 e. The van der Waals surface area contributed by atoms with Crippen LogP contribution in [-0.2, 0) is 10.2 Å². The molecule has 1 aromatic heterocycles. The van der Waals surface area contributed by atoms with Gasteiger partial charge >= 0.3 is 0 Å². The van der Waals surface area contributed by atoms with Crippen LogP contribution in [0.15, 0.2) is 29.3 Å². The Morgan fingerprint density at radius 3 is 3.21 bits per heavy atom. The van der Waals surface area contributed by atoms with Crippen LogP contribution in [0.25, 0.3) is 0 Å². The van der Waals surface area contributed by atoms with Crippen molar-refractivity contribution in [2.24, 2.45) is 0 Å². The van der Waals surface area contributed by atoms with Crippen LogP contribution >= 0.6 is 11.8 Å². The van der Waals surface area contributed by atoms with Crippen molar-refractivity contribution in [1.29, 1.82) is 0 Å². The maximum absolute atomic E-state index is 11.9. The molecule has 2 N–H and O–H groups in total. The summed E-state index contributed by atoms with van der Waals surface area (Å²) in [5.74, 6) is 0. The van der Waals surface area contributed by atoms with Crippen molar-refractivity contribution in [3.05, 3.63) is 30.1 Å². The number of aromatic nitrogens is 1. The lowest BCUT2D eigenvalue weighted by molar-refractivity contribution is -0.114. The molecule has 0 bridgehead atoms. The number of hydrogen-bond acceptors (Lipinski definition) is 3. The summed E-state index contributed by atoms with van der Waals surface area (Å²) in [5, 5.41) is 3.46. The van der Waals surface area contributed by atoms with Crippen LogP contribution < -0.4 is 5.32 Å².